The Morgan fingerprint density at radius 3 is 2.89 bits per heavy atom. The van der Waals surface area contributed by atoms with Gasteiger partial charge in [-0.15, -0.1) is 0 Å². The molecule has 27 heavy (non-hydrogen) atoms. The molecule has 1 unspecified atom stereocenters. The van der Waals surface area contributed by atoms with Gasteiger partial charge in [-0.25, -0.2) is 5.48 Å². The third kappa shape index (κ3) is 5.52. The number of para-hydroxylation sites is 1. The minimum atomic E-state index is -0.305. The van der Waals surface area contributed by atoms with E-state index in [-0.39, 0.29) is 18.6 Å². The average Bonchev–Trinajstić information content (AvgIpc) is 3.15. The van der Waals surface area contributed by atoms with Crippen LogP contribution in [0.3, 0.4) is 0 Å². The van der Waals surface area contributed by atoms with E-state index >= 15 is 0 Å². The highest BCUT2D eigenvalue weighted by atomic mass is 16.7. The minimum absolute atomic E-state index is 0.146. The molecule has 0 fully saturated rings. The van der Waals surface area contributed by atoms with Crippen molar-refractivity contribution >= 4 is 17.3 Å². The van der Waals surface area contributed by atoms with Crippen molar-refractivity contribution in [2.45, 2.75) is 38.8 Å². The molecule has 1 aromatic carbocycles. The number of hydrogen-bond donors (Lipinski definition) is 2. The average molecular weight is 368 g/mol. The van der Waals surface area contributed by atoms with Crippen LogP contribution in [-0.4, -0.2) is 29.3 Å². The predicted molar refractivity (Wildman–Crippen MR) is 103 cm³/mol. The molecule has 1 atom stereocenters. The van der Waals surface area contributed by atoms with Crippen LogP contribution in [0.4, 0.5) is 5.69 Å². The molecule has 1 aliphatic rings. The summed E-state index contributed by atoms with van der Waals surface area (Å²) in [6, 6.07) is 11.2. The first-order valence-electron chi connectivity index (χ1n) is 9.11. The van der Waals surface area contributed by atoms with E-state index in [9.17, 15) is 4.79 Å². The molecule has 1 aliphatic heterocycles. The van der Waals surface area contributed by atoms with Crippen molar-refractivity contribution < 1.29 is 14.5 Å². The molecule has 1 aromatic heterocycles. The molecule has 142 valence electrons. The van der Waals surface area contributed by atoms with Crippen molar-refractivity contribution in [2.24, 2.45) is 5.16 Å². The zero-order valence-electron chi connectivity index (χ0n) is 15.4. The van der Waals surface area contributed by atoms with Gasteiger partial charge in [0.1, 0.15) is 6.61 Å². The summed E-state index contributed by atoms with van der Waals surface area (Å²) in [7, 11) is 0. The molecule has 0 radical (unpaired) electrons. The molecule has 2 aromatic rings. The van der Waals surface area contributed by atoms with Crippen LogP contribution in [0.2, 0.25) is 0 Å². The molecule has 7 heteroatoms. The third-order valence-electron chi connectivity index (χ3n) is 4.17. The molecule has 0 saturated heterocycles. The number of carbonyl (C=O) groups is 1. The van der Waals surface area contributed by atoms with E-state index in [1.807, 2.05) is 30.3 Å². The van der Waals surface area contributed by atoms with Crippen molar-refractivity contribution in [3.8, 4) is 0 Å². The van der Waals surface area contributed by atoms with Crippen LogP contribution in [0.15, 0.2) is 53.9 Å². The SMILES string of the molecule is CCCC1=NOC(CONC(=O)c2ccccc2NCc2ccncc2)C1. The number of aromatic nitrogens is 1. The number of hydroxylamine groups is 1. The van der Waals surface area contributed by atoms with Gasteiger partial charge in [-0.05, 0) is 36.2 Å². The monoisotopic (exact) mass is 368 g/mol. The van der Waals surface area contributed by atoms with E-state index < -0.39 is 0 Å². The first kappa shape index (κ1) is 18.8. The summed E-state index contributed by atoms with van der Waals surface area (Å²) < 4.78 is 0. The Morgan fingerprint density at radius 2 is 2.07 bits per heavy atom. The summed E-state index contributed by atoms with van der Waals surface area (Å²) >= 11 is 0. The van der Waals surface area contributed by atoms with Gasteiger partial charge in [0.05, 0.1) is 11.3 Å². The fraction of sp³-hybridized carbons (Fsp3) is 0.350. The number of amides is 1. The quantitative estimate of drug-likeness (QED) is 0.664. The molecule has 3 rings (SSSR count). The summed E-state index contributed by atoms with van der Waals surface area (Å²) in [6.45, 7) is 2.96. The van der Waals surface area contributed by atoms with Gasteiger partial charge in [0.15, 0.2) is 6.10 Å². The van der Waals surface area contributed by atoms with Gasteiger partial charge in [0.2, 0.25) is 0 Å². The highest BCUT2D eigenvalue weighted by molar-refractivity contribution is 5.99. The van der Waals surface area contributed by atoms with Crippen LogP contribution in [0, 0.1) is 0 Å². The lowest BCUT2D eigenvalue weighted by molar-refractivity contribution is -0.0310. The van der Waals surface area contributed by atoms with Crippen LogP contribution in [-0.2, 0) is 16.2 Å². The summed E-state index contributed by atoms with van der Waals surface area (Å²) in [5, 5.41) is 7.31. The maximum absolute atomic E-state index is 12.5. The van der Waals surface area contributed by atoms with Crippen molar-refractivity contribution in [3.63, 3.8) is 0 Å². The highest BCUT2D eigenvalue weighted by Gasteiger charge is 2.21. The van der Waals surface area contributed by atoms with E-state index in [2.05, 4.69) is 27.9 Å². The second-order valence-electron chi connectivity index (χ2n) is 6.34. The number of anilines is 1. The summed E-state index contributed by atoms with van der Waals surface area (Å²) in [6.07, 6.45) is 6.05. The van der Waals surface area contributed by atoms with Crippen molar-refractivity contribution in [1.82, 2.24) is 10.5 Å². The number of hydrogen-bond acceptors (Lipinski definition) is 6. The number of rotatable bonds is 9. The predicted octanol–water partition coefficient (Wildman–Crippen LogP) is 3.30. The van der Waals surface area contributed by atoms with Gasteiger partial charge in [-0.1, -0.05) is 30.6 Å². The fourth-order valence-electron chi connectivity index (χ4n) is 2.80. The topological polar surface area (TPSA) is 84.8 Å². The summed E-state index contributed by atoms with van der Waals surface area (Å²) in [5.41, 5.74) is 5.87. The maximum atomic E-state index is 12.5. The van der Waals surface area contributed by atoms with Gasteiger partial charge in [-0.2, -0.15) is 0 Å². The molecule has 2 N–H and O–H groups in total. The summed E-state index contributed by atoms with van der Waals surface area (Å²) in [5.74, 6) is -0.305. The largest absolute Gasteiger partial charge is 0.390 e. The number of benzene rings is 1. The van der Waals surface area contributed by atoms with Gasteiger partial charge < -0.3 is 10.2 Å². The first-order chi connectivity index (χ1) is 13.3. The van der Waals surface area contributed by atoms with Crippen molar-refractivity contribution in [1.29, 1.82) is 0 Å². The highest BCUT2D eigenvalue weighted by Crippen LogP contribution is 2.17. The molecular formula is C20H24N4O3. The molecule has 0 aliphatic carbocycles. The van der Waals surface area contributed by atoms with Crippen LogP contribution < -0.4 is 10.8 Å². The second-order valence-corrected chi connectivity index (χ2v) is 6.34. The Hall–Kier alpha value is -2.93. The van der Waals surface area contributed by atoms with Crippen molar-refractivity contribution in [3.05, 3.63) is 59.9 Å². The van der Waals surface area contributed by atoms with E-state index in [0.717, 1.165) is 36.2 Å². The fourth-order valence-corrected chi connectivity index (χ4v) is 2.80. The lowest BCUT2D eigenvalue weighted by Gasteiger charge is -2.13. The third-order valence-corrected chi connectivity index (χ3v) is 4.17. The molecule has 1 amide bonds. The molecular weight excluding hydrogens is 344 g/mol. The Kier molecular flexibility index (Phi) is 6.76. The lowest BCUT2D eigenvalue weighted by Crippen LogP contribution is -2.29. The molecule has 2 heterocycles. The molecule has 0 spiro atoms. The van der Waals surface area contributed by atoms with E-state index in [0.29, 0.717) is 12.1 Å². The van der Waals surface area contributed by atoms with Crippen LogP contribution in [0.1, 0.15) is 42.1 Å². The van der Waals surface area contributed by atoms with Gasteiger partial charge >= 0.3 is 0 Å². The maximum Gasteiger partial charge on any atom is 0.276 e. The Morgan fingerprint density at radius 1 is 1.26 bits per heavy atom. The Labute approximate surface area is 158 Å². The Bertz CT molecular complexity index is 780. The molecule has 0 bridgehead atoms. The number of carbonyl (C=O) groups excluding carboxylic acids is 1. The zero-order chi connectivity index (χ0) is 18.9. The Balaban J connectivity index is 1.48. The normalized spacial score (nSPS) is 15.7. The number of nitrogens with one attached hydrogen (secondary N) is 2. The second kappa shape index (κ2) is 9.68. The number of oxime groups is 1. The van der Waals surface area contributed by atoms with E-state index in [1.165, 1.54) is 0 Å². The van der Waals surface area contributed by atoms with Gasteiger partial charge in [0.25, 0.3) is 5.91 Å². The smallest absolute Gasteiger partial charge is 0.276 e. The van der Waals surface area contributed by atoms with Crippen LogP contribution >= 0.6 is 0 Å². The van der Waals surface area contributed by atoms with Gasteiger partial charge in [0, 0.05) is 31.0 Å². The number of nitrogens with zero attached hydrogens (tertiary/aromatic N) is 2. The van der Waals surface area contributed by atoms with E-state index in [1.54, 1.807) is 18.5 Å². The van der Waals surface area contributed by atoms with Crippen LogP contribution in [0.5, 0.6) is 0 Å². The standard InChI is InChI=1S/C20H24N4O3/c1-2-5-16-12-17(27-23-16)14-26-24-20(25)18-6-3-4-7-19(18)22-13-15-8-10-21-11-9-15/h3-4,6-11,17,22H,2,5,12-14H2,1H3,(H,24,25). The van der Waals surface area contributed by atoms with E-state index in [4.69, 9.17) is 9.68 Å². The molecule has 0 saturated carbocycles. The first-order valence-corrected chi connectivity index (χ1v) is 9.11. The van der Waals surface area contributed by atoms with Crippen molar-refractivity contribution in [2.75, 3.05) is 11.9 Å². The van der Waals surface area contributed by atoms with Gasteiger partial charge in [-0.3, -0.25) is 14.6 Å². The van der Waals surface area contributed by atoms with Crippen LogP contribution in [0.25, 0.3) is 0 Å². The lowest BCUT2D eigenvalue weighted by atomic mass is 10.1. The molecule has 7 nitrogen and oxygen atoms in total. The zero-order valence-corrected chi connectivity index (χ0v) is 15.4. The minimum Gasteiger partial charge on any atom is -0.390 e. The summed E-state index contributed by atoms with van der Waals surface area (Å²) in [4.78, 5) is 27.1. The number of pyridine rings is 1.